The zero-order valence-corrected chi connectivity index (χ0v) is 19.4. The number of amides is 1. The van der Waals surface area contributed by atoms with Crippen LogP contribution in [0.15, 0.2) is 76.8 Å². The number of oxime groups is 1. The van der Waals surface area contributed by atoms with E-state index in [1.165, 1.54) is 10.6 Å². The smallest absolute Gasteiger partial charge is 0.251 e. The zero-order chi connectivity index (χ0) is 24.3. The number of hydrogen-bond acceptors (Lipinski definition) is 5. The summed E-state index contributed by atoms with van der Waals surface area (Å²) < 4.78 is 1.45. The Morgan fingerprint density at radius 2 is 1.76 bits per heavy atom. The number of rotatable bonds is 8. The van der Waals surface area contributed by atoms with Gasteiger partial charge in [0.2, 0.25) is 5.56 Å². The first-order valence-electron chi connectivity index (χ1n) is 11.3. The summed E-state index contributed by atoms with van der Waals surface area (Å²) in [6.07, 6.45) is 3.64. The van der Waals surface area contributed by atoms with Gasteiger partial charge in [-0.15, -0.1) is 0 Å². The number of carbonyl (C=O) groups excluding carboxylic acids is 1. The summed E-state index contributed by atoms with van der Waals surface area (Å²) in [6.45, 7) is 1.98. The second kappa shape index (κ2) is 9.65. The molecule has 176 valence electrons. The molecule has 1 aliphatic carbocycles. The van der Waals surface area contributed by atoms with Gasteiger partial charge in [-0.25, -0.2) is 0 Å². The van der Waals surface area contributed by atoms with E-state index in [0.29, 0.717) is 23.3 Å². The van der Waals surface area contributed by atoms with Crippen molar-refractivity contribution in [2.75, 3.05) is 6.61 Å². The first kappa shape index (κ1) is 23.4. The van der Waals surface area contributed by atoms with Gasteiger partial charge < -0.3 is 20.2 Å². The average molecular weight is 460 g/mol. The van der Waals surface area contributed by atoms with Gasteiger partial charge in [-0.1, -0.05) is 41.6 Å². The van der Waals surface area contributed by atoms with Gasteiger partial charge in [0.05, 0.1) is 17.9 Å². The predicted octanol–water partition coefficient (Wildman–Crippen LogP) is 3.35. The van der Waals surface area contributed by atoms with Gasteiger partial charge in [0.1, 0.15) is 0 Å². The van der Waals surface area contributed by atoms with E-state index < -0.39 is 5.54 Å². The Labute approximate surface area is 198 Å². The molecule has 1 heterocycles. The van der Waals surface area contributed by atoms with Crippen LogP contribution >= 0.6 is 0 Å². The SMILES string of the molecule is Cc1ccccc1C(CC(=NO)c1ccc(=O)n(C)c1)c1ccc(C(=O)NC2(CO)CC2)cc1. The lowest BCUT2D eigenvalue weighted by Crippen LogP contribution is -2.39. The van der Waals surface area contributed by atoms with Crippen LogP contribution in [0.5, 0.6) is 0 Å². The summed E-state index contributed by atoms with van der Waals surface area (Å²) in [5.41, 5.74) is 4.21. The van der Waals surface area contributed by atoms with Crippen molar-refractivity contribution in [3.63, 3.8) is 0 Å². The van der Waals surface area contributed by atoms with Crippen LogP contribution in [0.4, 0.5) is 0 Å². The number of carbonyl (C=O) groups is 1. The van der Waals surface area contributed by atoms with Gasteiger partial charge in [-0.05, 0) is 54.7 Å². The Kier molecular flexibility index (Phi) is 6.65. The Morgan fingerprint density at radius 3 is 2.35 bits per heavy atom. The molecular formula is C27H29N3O4. The van der Waals surface area contributed by atoms with E-state index in [0.717, 1.165) is 29.5 Å². The molecule has 0 radical (unpaired) electrons. The van der Waals surface area contributed by atoms with Crippen LogP contribution in [0.1, 0.15) is 57.8 Å². The first-order chi connectivity index (χ1) is 16.4. The van der Waals surface area contributed by atoms with Crippen LogP contribution in [0, 0.1) is 6.92 Å². The number of aromatic nitrogens is 1. The normalized spacial score (nSPS) is 15.6. The van der Waals surface area contributed by atoms with Crippen LogP contribution in [-0.4, -0.2) is 38.6 Å². The largest absolute Gasteiger partial charge is 0.411 e. The third-order valence-corrected chi connectivity index (χ3v) is 6.61. The number of benzene rings is 2. The van der Waals surface area contributed by atoms with Crippen molar-refractivity contribution in [1.29, 1.82) is 0 Å². The molecule has 0 bridgehead atoms. The highest BCUT2D eigenvalue weighted by Gasteiger charge is 2.43. The molecule has 3 N–H and O–H groups in total. The van der Waals surface area contributed by atoms with E-state index in [2.05, 4.69) is 16.5 Å². The summed E-state index contributed by atoms with van der Waals surface area (Å²) in [5, 5.41) is 25.8. The lowest BCUT2D eigenvalue weighted by Gasteiger charge is -2.21. The highest BCUT2D eigenvalue weighted by molar-refractivity contribution is 6.00. The highest BCUT2D eigenvalue weighted by Crippen LogP contribution is 2.35. The number of nitrogens with zero attached hydrogens (tertiary/aromatic N) is 2. The van der Waals surface area contributed by atoms with Gasteiger partial charge in [0, 0.05) is 42.8 Å². The molecule has 7 nitrogen and oxygen atoms in total. The van der Waals surface area contributed by atoms with Crippen LogP contribution in [0.3, 0.4) is 0 Å². The van der Waals surface area contributed by atoms with Crippen LogP contribution in [0.2, 0.25) is 0 Å². The number of aryl methyl sites for hydroxylation is 2. The molecule has 3 aromatic rings. The Bertz CT molecular complexity index is 1270. The molecule has 1 atom stereocenters. The van der Waals surface area contributed by atoms with Gasteiger partial charge >= 0.3 is 0 Å². The lowest BCUT2D eigenvalue weighted by atomic mass is 9.83. The maximum Gasteiger partial charge on any atom is 0.251 e. The highest BCUT2D eigenvalue weighted by atomic mass is 16.4. The van der Waals surface area contributed by atoms with Gasteiger partial charge in [-0.2, -0.15) is 0 Å². The quantitative estimate of drug-likeness (QED) is 0.273. The van der Waals surface area contributed by atoms with Gasteiger partial charge in [0.15, 0.2) is 0 Å². The van der Waals surface area contributed by atoms with Crippen LogP contribution < -0.4 is 10.9 Å². The van der Waals surface area contributed by atoms with Crippen molar-refractivity contribution in [1.82, 2.24) is 9.88 Å². The second-order valence-electron chi connectivity index (χ2n) is 9.04. The van der Waals surface area contributed by atoms with Gasteiger partial charge in [-0.3, -0.25) is 9.59 Å². The average Bonchev–Trinajstić information content (AvgIpc) is 3.62. The molecule has 1 unspecified atom stereocenters. The Morgan fingerprint density at radius 1 is 1.09 bits per heavy atom. The Balaban J connectivity index is 1.65. The molecule has 1 aliphatic rings. The topological polar surface area (TPSA) is 104 Å². The molecule has 1 amide bonds. The van der Waals surface area contributed by atoms with Crippen molar-refractivity contribution >= 4 is 11.6 Å². The minimum Gasteiger partial charge on any atom is -0.411 e. The van der Waals surface area contributed by atoms with E-state index in [1.807, 2.05) is 37.3 Å². The van der Waals surface area contributed by atoms with Crippen molar-refractivity contribution in [3.05, 3.63) is 105 Å². The molecule has 7 heteroatoms. The predicted molar refractivity (Wildman–Crippen MR) is 131 cm³/mol. The van der Waals surface area contributed by atoms with Gasteiger partial charge in [0.25, 0.3) is 5.91 Å². The summed E-state index contributed by atoms with van der Waals surface area (Å²) in [6, 6.07) is 18.6. The molecule has 0 saturated heterocycles. The number of hydrogen-bond donors (Lipinski definition) is 3. The summed E-state index contributed by atoms with van der Waals surface area (Å²) in [5.74, 6) is -0.331. The molecule has 1 saturated carbocycles. The van der Waals surface area contributed by atoms with Crippen LogP contribution in [-0.2, 0) is 7.05 Å². The van der Waals surface area contributed by atoms with Crippen molar-refractivity contribution in [2.45, 2.75) is 37.6 Å². The van der Waals surface area contributed by atoms with E-state index in [4.69, 9.17) is 0 Å². The maximum atomic E-state index is 12.6. The van der Waals surface area contributed by atoms with Crippen molar-refractivity contribution in [2.24, 2.45) is 12.2 Å². The third-order valence-electron chi connectivity index (χ3n) is 6.61. The molecule has 34 heavy (non-hydrogen) atoms. The lowest BCUT2D eigenvalue weighted by molar-refractivity contribution is 0.0907. The number of nitrogens with one attached hydrogen (secondary N) is 1. The van der Waals surface area contributed by atoms with E-state index in [1.54, 1.807) is 31.4 Å². The van der Waals surface area contributed by atoms with Crippen molar-refractivity contribution < 1.29 is 15.1 Å². The molecular weight excluding hydrogens is 430 g/mol. The van der Waals surface area contributed by atoms with Crippen molar-refractivity contribution in [3.8, 4) is 0 Å². The number of pyridine rings is 1. The van der Waals surface area contributed by atoms with E-state index in [-0.39, 0.29) is 24.0 Å². The minimum atomic E-state index is -0.471. The molecule has 1 fully saturated rings. The van der Waals surface area contributed by atoms with Crippen LogP contribution in [0.25, 0.3) is 0 Å². The summed E-state index contributed by atoms with van der Waals surface area (Å²) in [4.78, 5) is 24.4. The zero-order valence-electron chi connectivity index (χ0n) is 19.4. The molecule has 0 aliphatic heterocycles. The fraction of sp³-hybridized carbons (Fsp3) is 0.296. The Hall–Kier alpha value is -3.71. The monoisotopic (exact) mass is 459 g/mol. The molecule has 4 rings (SSSR count). The number of aliphatic hydroxyl groups excluding tert-OH is 1. The second-order valence-corrected chi connectivity index (χ2v) is 9.04. The molecule has 2 aromatic carbocycles. The fourth-order valence-corrected chi connectivity index (χ4v) is 4.21. The minimum absolute atomic E-state index is 0.0550. The third kappa shape index (κ3) is 4.94. The summed E-state index contributed by atoms with van der Waals surface area (Å²) >= 11 is 0. The first-order valence-corrected chi connectivity index (χ1v) is 11.3. The molecule has 1 aromatic heterocycles. The standard InChI is InChI=1S/C27H29N3O4/c1-18-5-3-4-6-22(18)23(15-24(29-34)21-11-12-25(32)30(2)16-21)19-7-9-20(10-8-19)26(33)28-27(17-31)13-14-27/h3-12,16,23,31,34H,13-15,17H2,1-2H3,(H,28,33). The van der Waals surface area contributed by atoms with E-state index in [9.17, 15) is 19.9 Å². The van der Waals surface area contributed by atoms with E-state index >= 15 is 0 Å². The summed E-state index contributed by atoms with van der Waals surface area (Å²) in [7, 11) is 1.66. The fourth-order valence-electron chi connectivity index (χ4n) is 4.21. The maximum absolute atomic E-state index is 12.6. The number of aliphatic hydroxyl groups is 1. The molecule has 0 spiro atoms.